The highest BCUT2D eigenvalue weighted by atomic mass is 79.9. The van der Waals surface area contributed by atoms with Crippen LogP contribution >= 0.6 is 15.9 Å². The molecule has 106 valence electrons. The predicted molar refractivity (Wildman–Crippen MR) is 85.8 cm³/mol. The van der Waals surface area contributed by atoms with E-state index in [-0.39, 0.29) is 11.1 Å². The summed E-state index contributed by atoms with van der Waals surface area (Å²) in [6.45, 7) is 11.0. The molecule has 1 unspecified atom stereocenters. The lowest BCUT2D eigenvalue weighted by Crippen LogP contribution is -2.41. The molecule has 0 spiro atoms. The van der Waals surface area contributed by atoms with E-state index in [0.29, 0.717) is 6.42 Å². The van der Waals surface area contributed by atoms with Crippen molar-refractivity contribution in [3.8, 4) is 0 Å². The Balaban J connectivity index is 2.99. The first-order valence-corrected chi connectivity index (χ1v) is 10.2. The number of aldehydes is 1. The molecule has 0 bridgehead atoms. The summed E-state index contributed by atoms with van der Waals surface area (Å²) in [5.41, 5.74) is 1.06. The Kier molecular flexibility index (Phi) is 5.53. The SMILES string of the molecule is CC(C)(C)[Si](C)(C)OC(CC=O)c1cccc(Br)c1. The molecule has 19 heavy (non-hydrogen) atoms. The van der Waals surface area contributed by atoms with Crippen LogP contribution in [0.3, 0.4) is 0 Å². The molecule has 1 atom stereocenters. The number of hydrogen-bond donors (Lipinski definition) is 0. The first-order valence-electron chi connectivity index (χ1n) is 6.54. The van der Waals surface area contributed by atoms with Crippen molar-refractivity contribution >= 4 is 30.5 Å². The van der Waals surface area contributed by atoms with Gasteiger partial charge < -0.3 is 9.22 Å². The minimum atomic E-state index is -1.88. The summed E-state index contributed by atoms with van der Waals surface area (Å²) in [7, 11) is -1.88. The normalized spacial score (nSPS) is 14.2. The van der Waals surface area contributed by atoms with Crippen LogP contribution in [0.15, 0.2) is 28.7 Å². The van der Waals surface area contributed by atoms with Gasteiger partial charge in [-0.15, -0.1) is 0 Å². The molecule has 0 aliphatic carbocycles. The summed E-state index contributed by atoms with van der Waals surface area (Å²) in [6, 6.07) is 8.01. The second-order valence-electron chi connectivity index (χ2n) is 6.32. The molecule has 0 radical (unpaired) electrons. The second-order valence-corrected chi connectivity index (χ2v) is 12.0. The van der Waals surface area contributed by atoms with Gasteiger partial charge in [-0.3, -0.25) is 0 Å². The largest absolute Gasteiger partial charge is 0.410 e. The predicted octanol–water partition coefficient (Wildman–Crippen LogP) is 5.10. The molecule has 0 heterocycles. The molecule has 0 aliphatic rings. The molecule has 1 aromatic rings. The van der Waals surface area contributed by atoms with E-state index < -0.39 is 8.32 Å². The van der Waals surface area contributed by atoms with Gasteiger partial charge in [0.1, 0.15) is 6.29 Å². The van der Waals surface area contributed by atoms with Crippen molar-refractivity contribution in [3.63, 3.8) is 0 Å². The number of rotatable bonds is 5. The van der Waals surface area contributed by atoms with Crippen LogP contribution < -0.4 is 0 Å². The number of halogens is 1. The minimum absolute atomic E-state index is 0.139. The summed E-state index contributed by atoms with van der Waals surface area (Å²) < 4.78 is 7.38. The van der Waals surface area contributed by atoms with Crippen molar-refractivity contribution in [1.82, 2.24) is 0 Å². The van der Waals surface area contributed by atoms with Crippen LogP contribution in [0.25, 0.3) is 0 Å². The summed E-state index contributed by atoms with van der Waals surface area (Å²) >= 11 is 3.47. The average molecular weight is 343 g/mol. The van der Waals surface area contributed by atoms with E-state index in [1.165, 1.54) is 0 Å². The van der Waals surface area contributed by atoms with Gasteiger partial charge in [0, 0.05) is 10.9 Å². The van der Waals surface area contributed by atoms with Crippen molar-refractivity contribution in [1.29, 1.82) is 0 Å². The Morgan fingerprint density at radius 2 is 2.00 bits per heavy atom. The van der Waals surface area contributed by atoms with Crippen molar-refractivity contribution in [2.45, 2.75) is 51.4 Å². The molecule has 0 N–H and O–H groups in total. The maximum atomic E-state index is 10.9. The van der Waals surface area contributed by atoms with E-state index in [9.17, 15) is 4.79 Å². The highest BCUT2D eigenvalue weighted by Crippen LogP contribution is 2.40. The van der Waals surface area contributed by atoms with E-state index in [1.807, 2.05) is 24.3 Å². The van der Waals surface area contributed by atoms with Crippen LogP contribution in [0.4, 0.5) is 0 Å². The fourth-order valence-corrected chi connectivity index (χ4v) is 3.29. The van der Waals surface area contributed by atoms with Crippen molar-refractivity contribution < 1.29 is 9.22 Å². The van der Waals surface area contributed by atoms with E-state index in [0.717, 1.165) is 16.3 Å². The molecule has 0 saturated carbocycles. The maximum Gasteiger partial charge on any atom is 0.192 e. The van der Waals surface area contributed by atoms with Gasteiger partial charge in [0.15, 0.2) is 8.32 Å². The summed E-state index contributed by atoms with van der Waals surface area (Å²) in [4.78, 5) is 10.9. The van der Waals surface area contributed by atoms with Crippen LogP contribution in [-0.2, 0) is 9.22 Å². The van der Waals surface area contributed by atoms with Crippen LogP contribution in [0.1, 0.15) is 38.9 Å². The number of carbonyl (C=O) groups is 1. The van der Waals surface area contributed by atoms with E-state index >= 15 is 0 Å². The molecule has 0 aromatic heterocycles. The smallest absolute Gasteiger partial charge is 0.192 e. The van der Waals surface area contributed by atoms with Crippen LogP contribution in [0, 0.1) is 0 Å². The lowest BCUT2D eigenvalue weighted by atomic mass is 10.1. The molecule has 0 amide bonds. The lowest BCUT2D eigenvalue weighted by Gasteiger charge is -2.39. The van der Waals surface area contributed by atoms with E-state index in [4.69, 9.17) is 4.43 Å². The van der Waals surface area contributed by atoms with Gasteiger partial charge in [-0.1, -0.05) is 48.8 Å². The quantitative estimate of drug-likeness (QED) is 0.549. The second kappa shape index (κ2) is 6.33. The summed E-state index contributed by atoms with van der Waals surface area (Å²) in [5, 5.41) is 0.139. The Hall–Kier alpha value is -0.453. The third-order valence-electron chi connectivity index (χ3n) is 3.77. The van der Waals surface area contributed by atoms with Gasteiger partial charge >= 0.3 is 0 Å². The number of benzene rings is 1. The molecule has 1 rings (SSSR count). The minimum Gasteiger partial charge on any atom is -0.410 e. The molecular weight excluding hydrogens is 320 g/mol. The lowest BCUT2D eigenvalue weighted by molar-refractivity contribution is -0.109. The van der Waals surface area contributed by atoms with Gasteiger partial charge in [0.25, 0.3) is 0 Å². The fraction of sp³-hybridized carbons (Fsp3) is 0.533. The van der Waals surface area contributed by atoms with E-state index in [2.05, 4.69) is 49.8 Å². The Morgan fingerprint density at radius 1 is 1.37 bits per heavy atom. The van der Waals surface area contributed by atoms with Crippen molar-refractivity contribution in [2.24, 2.45) is 0 Å². The molecule has 0 saturated heterocycles. The standard InChI is InChI=1S/C15H23BrO2Si/c1-15(2,3)19(4,5)18-14(9-10-17)12-7-6-8-13(16)11-12/h6-8,10-11,14H,9H2,1-5H3. The van der Waals surface area contributed by atoms with Gasteiger partial charge in [-0.05, 0) is 35.8 Å². The van der Waals surface area contributed by atoms with Crippen LogP contribution in [-0.4, -0.2) is 14.6 Å². The first-order chi connectivity index (χ1) is 8.67. The zero-order chi connectivity index (χ0) is 14.7. The average Bonchev–Trinajstić information content (AvgIpc) is 2.26. The third-order valence-corrected chi connectivity index (χ3v) is 8.75. The topological polar surface area (TPSA) is 26.3 Å². The third kappa shape index (κ3) is 4.55. The van der Waals surface area contributed by atoms with Gasteiger partial charge in [0.05, 0.1) is 6.10 Å². The van der Waals surface area contributed by atoms with Gasteiger partial charge in [0.2, 0.25) is 0 Å². The van der Waals surface area contributed by atoms with Crippen LogP contribution in [0.2, 0.25) is 18.1 Å². The molecule has 1 aromatic carbocycles. The molecular formula is C15H23BrO2Si. The number of hydrogen-bond acceptors (Lipinski definition) is 2. The summed E-state index contributed by atoms with van der Waals surface area (Å²) in [5.74, 6) is 0. The maximum absolute atomic E-state index is 10.9. The van der Waals surface area contributed by atoms with Crippen LogP contribution in [0.5, 0.6) is 0 Å². The molecule has 2 nitrogen and oxygen atoms in total. The monoisotopic (exact) mass is 342 g/mol. The zero-order valence-corrected chi connectivity index (χ0v) is 15.0. The molecule has 0 aliphatic heterocycles. The summed E-state index contributed by atoms with van der Waals surface area (Å²) in [6.07, 6.45) is 1.21. The highest BCUT2D eigenvalue weighted by Gasteiger charge is 2.39. The highest BCUT2D eigenvalue weighted by molar-refractivity contribution is 9.10. The fourth-order valence-electron chi connectivity index (χ4n) is 1.58. The Bertz CT molecular complexity index is 438. The van der Waals surface area contributed by atoms with Gasteiger partial charge in [-0.25, -0.2) is 0 Å². The Morgan fingerprint density at radius 3 is 2.47 bits per heavy atom. The first kappa shape index (κ1) is 16.6. The Labute approximate surface area is 125 Å². The van der Waals surface area contributed by atoms with E-state index in [1.54, 1.807) is 0 Å². The zero-order valence-electron chi connectivity index (χ0n) is 12.4. The van der Waals surface area contributed by atoms with Crippen molar-refractivity contribution in [2.75, 3.05) is 0 Å². The van der Waals surface area contributed by atoms with Gasteiger partial charge in [-0.2, -0.15) is 0 Å². The molecule has 4 heteroatoms. The number of carbonyl (C=O) groups excluding carboxylic acids is 1. The molecule has 0 fully saturated rings. The van der Waals surface area contributed by atoms with Crippen molar-refractivity contribution in [3.05, 3.63) is 34.3 Å².